The van der Waals surface area contributed by atoms with Crippen molar-refractivity contribution in [2.24, 2.45) is 0 Å². The van der Waals surface area contributed by atoms with Gasteiger partial charge in [-0.25, -0.2) is 4.98 Å². The monoisotopic (exact) mass is 421 g/mol. The average Bonchev–Trinajstić information content (AvgIpc) is 2.81. The first-order valence-electron chi connectivity index (χ1n) is 9.29. The molecule has 0 saturated heterocycles. The number of ketones is 1. The van der Waals surface area contributed by atoms with Crippen LogP contribution in [0.2, 0.25) is 0 Å². The van der Waals surface area contributed by atoms with Gasteiger partial charge in [-0.3, -0.25) is 4.79 Å². The zero-order valence-corrected chi connectivity index (χ0v) is 17.9. The van der Waals surface area contributed by atoms with Gasteiger partial charge in [-0.2, -0.15) is 0 Å². The number of hydrogen-bond donors (Lipinski definition) is 0. The molecule has 0 aliphatic rings. The van der Waals surface area contributed by atoms with Gasteiger partial charge in [0, 0.05) is 23.1 Å². The molecule has 1 aromatic heterocycles. The van der Waals surface area contributed by atoms with Gasteiger partial charge >= 0.3 is 0 Å². The van der Waals surface area contributed by atoms with Gasteiger partial charge in [0.25, 0.3) is 0 Å². The number of allylic oxidation sites excluding steroid dienone is 1. The standard InChI is InChI=1S/C24H23NO4S/c1-27-21-11-8-17(14-19(21)16-30-24-6-4-5-13-25-24)7-10-20(26)18-9-12-22(28-2)23(15-18)29-3/h4-15H,16H2,1-3H3/b10-7+. The number of rotatable bonds is 9. The maximum Gasteiger partial charge on any atom is 0.185 e. The third kappa shape index (κ3) is 5.42. The van der Waals surface area contributed by atoms with Crippen LogP contribution in [0.1, 0.15) is 21.5 Å². The summed E-state index contributed by atoms with van der Waals surface area (Å²) in [6, 6.07) is 16.8. The van der Waals surface area contributed by atoms with Crippen LogP contribution in [0.15, 0.2) is 71.9 Å². The number of pyridine rings is 1. The number of hydrogen-bond acceptors (Lipinski definition) is 6. The minimum atomic E-state index is -0.115. The van der Waals surface area contributed by atoms with Gasteiger partial charge in [0.15, 0.2) is 17.3 Å². The van der Waals surface area contributed by atoms with Crippen LogP contribution >= 0.6 is 11.8 Å². The Morgan fingerprint density at radius 2 is 1.70 bits per heavy atom. The molecule has 0 radical (unpaired) electrons. The van der Waals surface area contributed by atoms with Gasteiger partial charge in [0.05, 0.1) is 26.4 Å². The van der Waals surface area contributed by atoms with Crippen LogP contribution in [-0.4, -0.2) is 32.1 Å². The number of methoxy groups -OCH3 is 3. The highest BCUT2D eigenvalue weighted by Crippen LogP contribution is 2.29. The number of benzene rings is 2. The lowest BCUT2D eigenvalue weighted by molar-refractivity contribution is 0.104. The minimum absolute atomic E-state index is 0.115. The van der Waals surface area contributed by atoms with Crippen molar-refractivity contribution in [1.29, 1.82) is 0 Å². The molecule has 0 atom stereocenters. The summed E-state index contributed by atoms with van der Waals surface area (Å²) in [6.07, 6.45) is 5.13. The number of ether oxygens (including phenoxy) is 3. The van der Waals surface area contributed by atoms with Crippen molar-refractivity contribution in [3.05, 3.63) is 83.6 Å². The molecule has 3 aromatic rings. The highest BCUT2D eigenvalue weighted by molar-refractivity contribution is 7.98. The summed E-state index contributed by atoms with van der Waals surface area (Å²) in [7, 11) is 4.76. The topological polar surface area (TPSA) is 57.7 Å². The van der Waals surface area contributed by atoms with Crippen LogP contribution in [0.25, 0.3) is 6.08 Å². The van der Waals surface area contributed by atoms with Gasteiger partial charge in [-0.15, -0.1) is 11.8 Å². The highest BCUT2D eigenvalue weighted by atomic mass is 32.2. The smallest absolute Gasteiger partial charge is 0.185 e. The lowest BCUT2D eigenvalue weighted by Gasteiger charge is -2.09. The number of nitrogens with zero attached hydrogens (tertiary/aromatic N) is 1. The van der Waals surface area contributed by atoms with E-state index in [-0.39, 0.29) is 5.78 Å². The van der Waals surface area contributed by atoms with Gasteiger partial charge < -0.3 is 14.2 Å². The zero-order valence-electron chi connectivity index (χ0n) is 17.1. The predicted octanol–water partition coefficient (Wildman–Crippen LogP) is 5.30. The van der Waals surface area contributed by atoms with Crippen molar-refractivity contribution in [2.75, 3.05) is 21.3 Å². The first-order valence-corrected chi connectivity index (χ1v) is 10.3. The molecule has 6 heteroatoms. The van der Waals surface area contributed by atoms with Gasteiger partial charge in [0.1, 0.15) is 5.75 Å². The van der Waals surface area contributed by atoms with E-state index in [1.165, 1.54) is 0 Å². The molecule has 0 bridgehead atoms. The number of carbonyl (C=O) groups excluding carboxylic acids is 1. The molecule has 0 aliphatic heterocycles. The van der Waals surface area contributed by atoms with Crippen LogP contribution < -0.4 is 14.2 Å². The van der Waals surface area contributed by atoms with E-state index in [1.54, 1.807) is 69.6 Å². The van der Waals surface area contributed by atoms with E-state index < -0.39 is 0 Å². The molecular formula is C24H23NO4S. The van der Waals surface area contributed by atoms with Crippen LogP contribution in [0, 0.1) is 0 Å². The Hall–Kier alpha value is -3.25. The summed E-state index contributed by atoms with van der Waals surface area (Å²) in [4.78, 5) is 16.9. The van der Waals surface area contributed by atoms with E-state index in [4.69, 9.17) is 14.2 Å². The van der Waals surface area contributed by atoms with E-state index in [0.29, 0.717) is 22.8 Å². The lowest BCUT2D eigenvalue weighted by Crippen LogP contribution is -1.97. The highest BCUT2D eigenvalue weighted by Gasteiger charge is 2.09. The molecule has 0 spiro atoms. The summed E-state index contributed by atoms with van der Waals surface area (Å²) in [6.45, 7) is 0. The molecule has 0 fully saturated rings. The summed E-state index contributed by atoms with van der Waals surface area (Å²) in [5, 5.41) is 0.948. The zero-order chi connectivity index (χ0) is 21.3. The molecule has 30 heavy (non-hydrogen) atoms. The van der Waals surface area contributed by atoms with Crippen LogP contribution in [0.5, 0.6) is 17.2 Å². The van der Waals surface area contributed by atoms with Crippen molar-refractivity contribution in [3.63, 3.8) is 0 Å². The van der Waals surface area contributed by atoms with Gasteiger partial charge in [-0.1, -0.05) is 18.2 Å². The third-order valence-corrected chi connectivity index (χ3v) is 5.41. The largest absolute Gasteiger partial charge is 0.496 e. The van der Waals surface area contributed by atoms with E-state index in [2.05, 4.69) is 4.98 Å². The summed E-state index contributed by atoms with van der Waals surface area (Å²) >= 11 is 1.63. The minimum Gasteiger partial charge on any atom is -0.496 e. The first kappa shape index (κ1) is 21.5. The van der Waals surface area contributed by atoms with Crippen molar-refractivity contribution >= 4 is 23.6 Å². The Morgan fingerprint density at radius 1 is 0.933 bits per heavy atom. The number of aromatic nitrogens is 1. The van der Waals surface area contributed by atoms with Gasteiger partial charge in [0.2, 0.25) is 0 Å². The van der Waals surface area contributed by atoms with E-state index in [1.807, 2.05) is 36.4 Å². The molecule has 3 rings (SSSR count). The SMILES string of the molecule is COc1ccc(/C=C/C(=O)c2ccc(OC)c(OC)c2)cc1CSc1ccccn1. The maximum atomic E-state index is 12.6. The normalized spacial score (nSPS) is 10.8. The Labute approximate surface area is 180 Å². The maximum absolute atomic E-state index is 12.6. The lowest BCUT2D eigenvalue weighted by atomic mass is 10.1. The fraction of sp³-hybridized carbons (Fsp3) is 0.167. The summed E-state index contributed by atoms with van der Waals surface area (Å²) in [5.41, 5.74) is 2.48. The molecule has 0 N–H and O–H groups in total. The molecule has 0 saturated carbocycles. The van der Waals surface area contributed by atoms with E-state index >= 15 is 0 Å². The average molecular weight is 422 g/mol. The summed E-state index contributed by atoms with van der Waals surface area (Å²) < 4.78 is 16.0. The Bertz CT molecular complexity index is 1030. The molecule has 154 valence electrons. The van der Waals surface area contributed by atoms with Gasteiger partial charge in [-0.05, 0) is 54.1 Å². The third-order valence-electron chi connectivity index (χ3n) is 4.41. The van der Waals surface area contributed by atoms with E-state index in [0.717, 1.165) is 21.9 Å². The summed E-state index contributed by atoms with van der Waals surface area (Å²) in [5.74, 6) is 2.52. The first-order chi connectivity index (χ1) is 14.6. The van der Waals surface area contributed by atoms with Crippen LogP contribution in [0.4, 0.5) is 0 Å². The molecule has 2 aromatic carbocycles. The fourth-order valence-electron chi connectivity index (χ4n) is 2.86. The molecule has 5 nitrogen and oxygen atoms in total. The Kier molecular flexibility index (Phi) is 7.51. The predicted molar refractivity (Wildman–Crippen MR) is 120 cm³/mol. The molecule has 0 amide bonds. The number of carbonyl (C=O) groups is 1. The molecule has 0 aliphatic carbocycles. The fourth-order valence-corrected chi connectivity index (χ4v) is 3.70. The second-order valence-corrected chi connectivity index (χ2v) is 7.29. The Morgan fingerprint density at radius 3 is 2.40 bits per heavy atom. The molecular weight excluding hydrogens is 398 g/mol. The van der Waals surface area contributed by atoms with Crippen molar-refractivity contribution in [1.82, 2.24) is 4.98 Å². The molecule has 0 unspecified atom stereocenters. The second-order valence-electron chi connectivity index (χ2n) is 6.30. The van der Waals surface area contributed by atoms with Crippen molar-refractivity contribution in [3.8, 4) is 17.2 Å². The number of thioether (sulfide) groups is 1. The van der Waals surface area contributed by atoms with Crippen LogP contribution in [0.3, 0.4) is 0 Å². The van der Waals surface area contributed by atoms with Crippen molar-refractivity contribution in [2.45, 2.75) is 10.8 Å². The van der Waals surface area contributed by atoms with E-state index in [9.17, 15) is 4.79 Å². The molecule has 1 heterocycles. The van der Waals surface area contributed by atoms with Crippen molar-refractivity contribution < 1.29 is 19.0 Å². The second kappa shape index (κ2) is 10.5. The Balaban J connectivity index is 1.75. The van der Waals surface area contributed by atoms with Crippen LogP contribution in [-0.2, 0) is 5.75 Å². The quantitative estimate of drug-likeness (QED) is 0.266.